The Morgan fingerprint density at radius 1 is 0.711 bits per heavy atom. The number of benzene rings is 4. The molecule has 0 amide bonds. The third-order valence-electron chi connectivity index (χ3n) is 7.62. The van der Waals surface area contributed by atoms with Crippen molar-refractivity contribution in [2.75, 3.05) is 0 Å². The molecular formula is C31H25BNO5. The number of nitrogens with zero attached hydrogens (tertiary/aromatic N) is 1. The molecule has 0 saturated heterocycles. The molecule has 7 aromatic rings. The molecule has 0 fully saturated rings. The van der Waals surface area contributed by atoms with E-state index < -0.39 is 11.2 Å². The van der Waals surface area contributed by atoms with E-state index in [1.54, 1.807) is 21.3 Å². The van der Waals surface area contributed by atoms with Crippen LogP contribution in [0.4, 0.5) is 0 Å². The maximum absolute atomic E-state index is 10.4. The quantitative estimate of drug-likeness (QED) is 0.253. The highest BCUT2D eigenvalue weighted by Crippen LogP contribution is 2.36. The Balaban J connectivity index is 1.29. The molecule has 7 heteroatoms. The molecule has 4 aromatic carbocycles. The highest BCUT2D eigenvalue weighted by atomic mass is 16.5. The van der Waals surface area contributed by atoms with Crippen molar-refractivity contribution < 1.29 is 23.0 Å². The summed E-state index contributed by atoms with van der Waals surface area (Å²) in [4.78, 5) is 4.81. The van der Waals surface area contributed by atoms with Crippen LogP contribution in [0.1, 0.15) is 27.7 Å². The van der Waals surface area contributed by atoms with E-state index in [9.17, 15) is 5.11 Å². The first-order chi connectivity index (χ1) is 18.2. The zero-order chi connectivity index (χ0) is 26.2. The monoisotopic (exact) mass is 502 g/mol. The van der Waals surface area contributed by atoms with Crippen LogP contribution in [0, 0.1) is 0 Å². The van der Waals surface area contributed by atoms with Crippen LogP contribution in [0.15, 0.2) is 86.0 Å². The molecule has 0 aliphatic carbocycles. The summed E-state index contributed by atoms with van der Waals surface area (Å²) in [5, 5.41) is 14.4. The third-order valence-corrected chi connectivity index (χ3v) is 7.62. The summed E-state index contributed by atoms with van der Waals surface area (Å²) in [6, 6.07) is 23.8. The second kappa shape index (κ2) is 7.97. The number of hydrogen-bond donors (Lipinski definition) is 1. The van der Waals surface area contributed by atoms with Crippen molar-refractivity contribution >= 4 is 67.9 Å². The summed E-state index contributed by atoms with van der Waals surface area (Å²) in [5.41, 5.74) is 4.37. The van der Waals surface area contributed by atoms with Crippen LogP contribution in [-0.4, -0.2) is 28.8 Å². The van der Waals surface area contributed by atoms with Crippen LogP contribution in [0.25, 0.3) is 66.4 Å². The SMILES string of the molecule is CC(C)(O)C(C)(C)O[B]c1cccc2c1oc1cc3oc(-c4ccc5oc6ccccc6c5c4)nc3cc12. The fraction of sp³-hybridized carbons (Fsp3) is 0.194. The van der Waals surface area contributed by atoms with E-state index in [4.69, 9.17) is 22.9 Å². The summed E-state index contributed by atoms with van der Waals surface area (Å²) in [6.07, 6.45) is 0. The van der Waals surface area contributed by atoms with Gasteiger partial charge in [-0.1, -0.05) is 36.4 Å². The van der Waals surface area contributed by atoms with Crippen LogP contribution in [0.5, 0.6) is 0 Å². The van der Waals surface area contributed by atoms with Crippen molar-refractivity contribution in [3.8, 4) is 11.5 Å². The van der Waals surface area contributed by atoms with Gasteiger partial charge in [0.2, 0.25) is 5.89 Å². The van der Waals surface area contributed by atoms with E-state index in [1.165, 1.54) is 0 Å². The second-order valence-corrected chi connectivity index (χ2v) is 10.8. The van der Waals surface area contributed by atoms with Gasteiger partial charge >= 0.3 is 7.48 Å². The van der Waals surface area contributed by atoms with E-state index in [2.05, 4.69) is 12.1 Å². The predicted molar refractivity (Wildman–Crippen MR) is 151 cm³/mol. The molecule has 0 unspecified atom stereocenters. The van der Waals surface area contributed by atoms with E-state index in [-0.39, 0.29) is 0 Å². The normalized spacial score (nSPS) is 13.0. The van der Waals surface area contributed by atoms with Crippen molar-refractivity contribution in [3.63, 3.8) is 0 Å². The van der Waals surface area contributed by atoms with Gasteiger partial charge in [0.25, 0.3) is 0 Å². The van der Waals surface area contributed by atoms with Crippen LogP contribution in [-0.2, 0) is 4.65 Å². The first-order valence-corrected chi connectivity index (χ1v) is 12.6. The zero-order valence-corrected chi connectivity index (χ0v) is 21.5. The minimum absolute atomic E-state index is 0.542. The van der Waals surface area contributed by atoms with Gasteiger partial charge in [-0.3, -0.25) is 0 Å². The Bertz CT molecular complexity index is 2000. The van der Waals surface area contributed by atoms with Gasteiger partial charge in [-0.25, -0.2) is 4.98 Å². The van der Waals surface area contributed by atoms with Gasteiger partial charge in [0.15, 0.2) is 5.58 Å². The lowest BCUT2D eigenvalue weighted by molar-refractivity contribution is -0.0893. The lowest BCUT2D eigenvalue weighted by Crippen LogP contribution is -2.49. The van der Waals surface area contributed by atoms with Crippen molar-refractivity contribution in [1.29, 1.82) is 0 Å². The van der Waals surface area contributed by atoms with Gasteiger partial charge in [0.1, 0.15) is 27.8 Å². The standard InChI is InChI=1S/C31H25BNO5/c1-30(2,34)31(3,4)38-32-22-10-7-9-19-21-15-23-27(16-26(21)36-28(19)22)37-29(33-23)17-12-13-25-20(14-17)18-8-5-6-11-24(18)35-25/h5-16,34H,1-4H3. The minimum atomic E-state index is -1.02. The largest absolute Gasteiger partial charge is 0.456 e. The topological polar surface area (TPSA) is 81.8 Å². The number of hydrogen-bond acceptors (Lipinski definition) is 6. The maximum atomic E-state index is 10.4. The highest BCUT2D eigenvalue weighted by Gasteiger charge is 2.36. The lowest BCUT2D eigenvalue weighted by atomic mass is 9.82. The van der Waals surface area contributed by atoms with E-state index in [0.29, 0.717) is 22.6 Å². The summed E-state index contributed by atoms with van der Waals surface area (Å²) in [6.45, 7) is 7.17. The molecule has 3 aromatic heterocycles. The van der Waals surface area contributed by atoms with Crippen molar-refractivity contribution in [2.24, 2.45) is 0 Å². The molecular weight excluding hydrogens is 477 g/mol. The average Bonchev–Trinajstić information content (AvgIpc) is 3.57. The van der Waals surface area contributed by atoms with E-state index >= 15 is 0 Å². The Morgan fingerprint density at radius 3 is 2.32 bits per heavy atom. The molecule has 0 atom stereocenters. The summed E-state index contributed by atoms with van der Waals surface area (Å²) >= 11 is 0. The summed E-state index contributed by atoms with van der Waals surface area (Å²) < 4.78 is 24.4. The first-order valence-electron chi connectivity index (χ1n) is 12.6. The van der Waals surface area contributed by atoms with Crippen LogP contribution >= 0.6 is 0 Å². The molecule has 0 aliphatic heterocycles. The first kappa shape index (κ1) is 23.1. The fourth-order valence-corrected chi connectivity index (χ4v) is 4.67. The third kappa shape index (κ3) is 3.54. The highest BCUT2D eigenvalue weighted by molar-refractivity contribution is 6.51. The second-order valence-electron chi connectivity index (χ2n) is 10.8. The molecule has 1 radical (unpaired) electrons. The molecule has 3 heterocycles. The molecule has 38 heavy (non-hydrogen) atoms. The number of furan rings is 2. The van der Waals surface area contributed by atoms with Gasteiger partial charge < -0.3 is 23.0 Å². The van der Waals surface area contributed by atoms with Gasteiger partial charge in [-0.2, -0.15) is 0 Å². The average molecular weight is 502 g/mol. The van der Waals surface area contributed by atoms with Crippen molar-refractivity contribution in [2.45, 2.75) is 38.9 Å². The Kier molecular flexibility index (Phi) is 4.84. The summed E-state index contributed by atoms with van der Waals surface area (Å²) in [5.74, 6) is 0.542. The number of oxazole rings is 1. The van der Waals surface area contributed by atoms with Crippen LogP contribution in [0.3, 0.4) is 0 Å². The lowest BCUT2D eigenvalue weighted by Gasteiger charge is -2.37. The Labute approximate surface area is 219 Å². The number of aliphatic hydroxyl groups is 1. The van der Waals surface area contributed by atoms with Gasteiger partial charge in [-0.05, 0) is 63.5 Å². The molecule has 0 bridgehead atoms. The maximum Gasteiger partial charge on any atom is 0.334 e. The molecule has 1 N–H and O–H groups in total. The van der Waals surface area contributed by atoms with Crippen molar-refractivity contribution in [3.05, 3.63) is 72.8 Å². The Hall–Kier alpha value is -4.07. The molecule has 0 saturated carbocycles. The van der Waals surface area contributed by atoms with Crippen LogP contribution < -0.4 is 5.46 Å². The molecule has 187 valence electrons. The predicted octanol–water partition coefficient (Wildman–Crippen LogP) is 7.10. The van der Waals surface area contributed by atoms with E-state index in [0.717, 1.165) is 49.3 Å². The molecule has 6 nitrogen and oxygen atoms in total. The van der Waals surface area contributed by atoms with Crippen molar-refractivity contribution in [1.82, 2.24) is 4.98 Å². The minimum Gasteiger partial charge on any atom is -0.456 e. The van der Waals surface area contributed by atoms with E-state index in [1.807, 2.05) is 74.5 Å². The number of aromatic nitrogens is 1. The van der Waals surface area contributed by atoms with Crippen LogP contribution in [0.2, 0.25) is 0 Å². The van der Waals surface area contributed by atoms with Gasteiger partial charge in [-0.15, -0.1) is 0 Å². The smallest absolute Gasteiger partial charge is 0.334 e. The van der Waals surface area contributed by atoms with Gasteiger partial charge in [0, 0.05) is 33.2 Å². The fourth-order valence-electron chi connectivity index (χ4n) is 4.67. The van der Waals surface area contributed by atoms with Gasteiger partial charge in [0.05, 0.1) is 11.2 Å². The number of rotatable bonds is 5. The molecule has 0 spiro atoms. The number of fused-ring (bicyclic) bond motifs is 7. The Morgan fingerprint density at radius 2 is 1.47 bits per heavy atom. The molecule has 7 rings (SSSR count). The zero-order valence-electron chi connectivity index (χ0n) is 21.5. The molecule has 0 aliphatic rings. The number of para-hydroxylation sites is 2. The summed E-state index contributed by atoms with van der Waals surface area (Å²) in [7, 11) is 1.65.